The third-order valence-electron chi connectivity index (χ3n) is 12.2. The molecule has 2 aromatic heterocycles. The summed E-state index contributed by atoms with van der Waals surface area (Å²) in [6.07, 6.45) is 4.26. The third kappa shape index (κ3) is 7.98. The van der Waals surface area contributed by atoms with Gasteiger partial charge in [-0.25, -0.2) is 9.97 Å². The summed E-state index contributed by atoms with van der Waals surface area (Å²) in [4.78, 5) is 68.9. The summed E-state index contributed by atoms with van der Waals surface area (Å²) in [5.74, 6) is 1.04. The second-order valence-electron chi connectivity index (χ2n) is 16.9. The highest BCUT2D eigenvalue weighted by Crippen LogP contribution is 2.59. The highest BCUT2D eigenvalue weighted by molar-refractivity contribution is 6.31. The Morgan fingerprint density at radius 2 is 1.75 bits per heavy atom. The number of aromatic nitrogens is 3. The van der Waals surface area contributed by atoms with E-state index in [1.807, 2.05) is 45.9 Å². The number of hydrogen-bond donors (Lipinski definition) is 1. The fourth-order valence-electron chi connectivity index (χ4n) is 9.67. The number of nitrogens with two attached hydrogens (primary N) is 1. The van der Waals surface area contributed by atoms with Crippen LogP contribution in [0.3, 0.4) is 0 Å². The lowest BCUT2D eigenvalue weighted by atomic mass is 9.48. The fourth-order valence-corrected chi connectivity index (χ4v) is 9.89. The van der Waals surface area contributed by atoms with Gasteiger partial charge in [0.15, 0.2) is 0 Å². The Hall–Kier alpha value is -5.52. The van der Waals surface area contributed by atoms with Gasteiger partial charge in [0.05, 0.1) is 34.2 Å². The number of ether oxygens (including phenoxy) is 2. The summed E-state index contributed by atoms with van der Waals surface area (Å²) in [7, 11) is 0. The summed E-state index contributed by atoms with van der Waals surface area (Å²) < 4.78 is 14.1. The van der Waals surface area contributed by atoms with E-state index in [2.05, 4.69) is 14.8 Å². The zero-order chi connectivity index (χ0) is 42.2. The number of halogens is 1. The maximum Gasteiger partial charge on any atom is 0.262 e. The molecule has 14 nitrogen and oxygen atoms in total. The zero-order valence-corrected chi connectivity index (χ0v) is 35.0. The topological polar surface area (TPSA) is 177 Å². The molecule has 1 unspecified atom stereocenters. The molecule has 2 aromatic carbocycles. The lowest BCUT2D eigenvalue weighted by molar-refractivity contribution is -0.216. The molecular formula is C44H51ClN8O6. The van der Waals surface area contributed by atoms with E-state index in [9.17, 15) is 24.4 Å². The van der Waals surface area contributed by atoms with Gasteiger partial charge in [0.1, 0.15) is 46.9 Å². The first kappa shape index (κ1) is 41.6. The van der Waals surface area contributed by atoms with E-state index >= 15 is 0 Å². The number of likely N-dealkylation sites (tertiary alicyclic amines) is 1. The minimum Gasteiger partial charge on any atom is -0.491 e. The first-order valence-corrected chi connectivity index (χ1v) is 20.6. The molecule has 3 aliphatic rings. The van der Waals surface area contributed by atoms with E-state index in [0.29, 0.717) is 46.0 Å². The molecule has 0 radical (unpaired) electrons. The number of hydrogen-bond acceptors (Lipinski definition) is 11. The van der Waals surface area contributed by atoms with E-state index in [1.54, 1.807) is 43.3 Å². The molecule has 2 N–H and O–H groups in total. The van der Waals surface area contributed by atoms with Crippen molar-refractivity contribution in [1.29, 1.82) is 5.26 Å². The van der Waals surface area contributed by atoms with Crippen molar-refractivity contribution >= 4 is 46.0 Å². The average Bonchev–Trinajstić information content (AvgIpc) is 3.20. The second kappa shape index (κ2) is 16.6. The maximum absolute atomic E-state index is 14.4. The predicted molar refractivity (Wildman–Crippen MR) is 224 cm³/mol. The second-order valence-corrected chi connectivity index (χ2v) is 17.4. The van der Waals surface area contributed by atoms with E-state index < -0.39 is 40.8 Å². The number of pyridine rings is 1. The van der Waals surface area contributed by atoms with E-state index in [0.717, 1.165) is 57.8 Å². The highest BCUT2D eigenvalue weighted by Gasteiger charge is 2.68. The van der Waals surface area contributed by atoms with Crippen molar-refractivity contribution < 1.29 is 23.9 Å². The van der Waals surface area contributed by atoms with Crippen molar-refractivity contribution in [3.8, 4) is 17.6 Å². The van der Waals surface area contributed by atoms with Crippen molar-refractivity contribution in [2.75, 3.05) is 44.2 Å². The van der Waals surface area contributed by atoms with Gasteiger partial charge >= 0.3 is 0 Å². The quantitative estimate of drug-likeness (QED) is 0.130. The smallest absolute Gasteiger partial charge is 0.262 e. The lowest BCUT2D eigenvalue weighted by Crippen LogP contribution is -2.77. The summed E-state index contributed by atoms with van der Waals surface area (Å²) >= 11 is 6.28. The molecule has 2 saturated heterocycles. The number of nitrogens with zero attached hydrogens (tertiary/aromatic N) is 7. The molecule has 310 valence electrons. The first-order chi connectivity index (χ1) is 28.1. The van der Waals surface area contributed by atoms with Crippen molar-refractivity contribution in [2.45, 2.75) is 84.9 Å². The van der Waals surface area contributed by atoms with Crippen LogP contribution in [0.15, 0.2) is 59.5 Å². The first-order valence-electron chi connectivity index (χ1n) is 20.2. The Morgan fingerprint density at radius 1 is 1.00 bits per heavy atom. The molecule has 4 aromatic rings. The number of nitriles is 1. The SMILES string of the molecule is Cc1nc2c(OCCCCCN3CCN(c4ccc(C(N)=O)cn4)CC3)cccc2c(=O)n1C1CCC(=O)N(C2C(C)(C)C(Oc3ccc(C#N)c(Cl)c3)C2(C)C)C1=O. The minimum absolute atomic E-state index is 0.102. The van der Waals surface area contributed by atoms with Crippen LogP contribution in [0.1, 0.15) is 87.6 Å². The largest absolute Gasteiger partial charge is 0.491 e. The van der Waals surface area contributed by atoms with Gasteiger partial charge in [0.2, 0.25) is 11.8 Å². The van der Waals surface area contributed by atoms with Gasteiger partial charge in [0.25, 0.3) is 11.5 Å². The number of imide groups is 1. The van der Waals surface area contributed by atoms with Crippen LogP contribution in [-0.4, -0.2) is 93.5 Å². The van der Waals surface area contributed by atoms with E-state index in [-0.39, 0.29) is 29.3 Å². The summed E-state index contributed by atoms with van der Waals surface area (Å²) in [5, 5.41) is 9.92. The van der Waals surface area contributed by atoms with Crippen molar-refractivity contribution in [1.82, 2.24) is 24.3 Å². The summed E-state index contributed by atoms with van der Waals surface area (Å²) in [6.45, 7) is 14.6. The van der Waals surface area contributed by atoms with Crippen LogP contribution >= 0.6 is 11.6 Å². The number of primary amides is 1. The molecule has 1 aliphatic carbocycles. The number of unbranched alkanes of at least 4 members (excludes halogenated alkanes) is 2. The number of rotatable bonds is 13. The number of anilines is 1. The van der Waals surface area contributed by atoms with Crippen molar-refractivity contribution in [3.63, 3.8) is 0 Å². The van der Waals surface area contributed by atoms with Gasteiger partial charge in [-0.2, -0.15) is 5.26 Å². The zero-order valence-electron chi connectivity index (χ0n) is 34.2. The molecule has 4 heterocycles. The van der Waals surface area contributed by atoms with Gasteiger partial charge in [-0.05, 0) is 75.5 Å². The number of benzene rings is 2. The van der Waals surface area contributed by atoms with Gasteiger partial charge in [-0.3, -0.25) is 33.5 Å². The molecule has 3 fully saturated rings. The number of aryl methyl sites for hydroxylation is 1. The number of amides is 3. The van der Waals surface area contributed by atoms with Gasteiger partial charge < -0.3 is 20.1 Å². The number of fused-ring (bicyclic) bond motifs is 1. The van der Waals surface area contributed by atoms with Crippen LogP contribution in [0.25, 0.3) is 10.9 Å². The maximum atomic E-state index is 14.4. The summed E-state index contributed by atoms with van der Waals surface area (Å²) in [5.41, 5.74) is 4.88. The Morgan fingerprint density at radius 3 is 2.41 bits per heavy atom. The average molecular weight is 823 g/mol. The van der Waals surface area contributed by atoms with E-state index in [1.165, 1.54) is 15.7 Å². The summed E-state index contributed by atoms with van der Waals surface area (Å²) in [6, 6.07) is 14.4. The van der Waals surface area contributed by atoms with Gasteiger partial charge in [0, 0.05) is 55.7 Å². The Balaban J connectivity index is 0.961. The fraction of sp³-hybridized carbons (Fsp3) is 0.477. The van der Waals surface area contributed by atoms with Crippen LogP contribution in [-0.2, 0) is 9.59 Å². The monoisotopic (exact) mass is 822 g/mol. The number of para-hydroxylation sites is 1. The number of piperidine rings is 1. The van der Waals surface area contributed by atoms with Gasteiger partial charge in [-0.15, -0.1) is 0 Å². The molecule has 1 saturated carbocycles. The molecule has 0 bridgehead atoms. The van der Waals surface area contributed by atoms with Crippen LogP contribution in [0, 0.1) is 29.1 Å². The molecule has 15 heteroatoms. The number of piperazine rings is 1. The van der Waals surface area contributed by atoms with Crippen molar-refractivity contribution in [2.24, 2.45) is 16.6 Å². The number of carbonyl (C=O) groups excluding carboxylic acids is 3. The minimum atomic E-state index is -0.903. The Bertz CT molecular complexity index is 2350. The van der Waals surface area contributed by atoms with Crippen LogP contribution in [0.4, 0.5) is 5.82 Å². The number of carbonyl (C=O) groups is 3. The Labute approximate surface area is 348 Å². The molecule has 1 atom stereocenters. The lowest BCUT2D eigenvalue weighted by Gasteiger charge is -2.65. The third-order valence-corrected chi connectivity index (χ3v) is 12.6. The van der Waals surface area contributed by atoms with Crippen LogP contribution < -0.4 is 25.7 Å². The van der Waals surface area contributed by atoms with Crippen LogP contribution in [0.5, 0.6) is 11.5 Å². The van der Waals surface area contributed by atoms with Gasteiger partial charge in [-0.1, -0.05) is 45.4 Å². The molecule has 7 rings (SSSR count). The van der Waals surface area contributed by atoms with E-state index in [4.69, 9.17) is 31.8 Å². The molecular weight excluding hydrogens is 772 g/mol. The highest BCUT2D eigenvalue weighted by atomic mass is 35.5. The molecule has 0 spiro atoms. The standard InChI is InChI=1S/C44H51ClN8O6/c1-27-49-37-31(10-9-11-34(37)58-23-8-6-7-18-50-19-21-51(22-20-50)35-16-13-29(26-48-35)38(47)55)39(56)52(27)33-15-17-36(54)53(40(33)57)41-43(2,3)42(44(41,4)5)59-30-14-12-28(25-46)32(45)24-30/h9-14,16,24,26,33,41-42H,6-8,15,17-23H2,1-5H3,(H2,47,55). The van der Waals surface area contributed by atoms with Crippen molar-refractivity contribution in [3.05, 3.63) is 87.1 Å². The normalized spacial score (nSPS) is 21.5. The molecule has 2 aliphatic heterocycles. The predicted octanol–water partition coefficient (Wildman–Crippen LogP) is 5.67. The van der Waals surface area contributed by atoms with Crippen LogP contribution in [0.2, 0.25) is 5.02 Å². The Kier molecular flexibility index (Phi) is 11.7. The molecule has 59 heavy (non-hydrogen) atoms. The molecule has 3 amide bonds.